The largest absolute Gasteiger partial charge is 0.396 e. The summed E-state index contributed by atoms with van der Waals surface area (Å²) in [4.78, 5) is 0. The van der Waals surface area contributed by atoms with Crippen molar-refractivity contribution in [2.75, 3.05) is 6.61 Å². The fourth-order valence-corrected chi connectivity index (χ4v) is 1.51. The normalized spacial score (nSPS) is 19.2. The van der Waals surface area contributed by atoms with Gasteiger partial charge in [-0.2, -0.15) is 0 Å². The van der Waals surface area contributed by atoms with Gasteiger partial charge in [0.2, 0.25) is 0 Å². The molecular weight excluding hydrogens is 152 g/mol. The van der Waals surface area contributed by atoms with E-state index in [2.05, 4.69) is 0 Å². The maximum absolute atomic E-state index is 9.66. The van der Waals surface area contributed by atoms with Crippen LogP contribution >= 0.6 is 0 Å². The van der Waals surface area contributed by atoms with Gasteiger partial charge in [-0.3, -0.25) is 0 Å². The number of aliphatic hydroxyl groups excluding tert-OH is 2. The Bertz CT molecular complexity index is 112. The second-order valence-electron chi connectivity index (χ2n) is 4.24. The minimum Gasteiger partial charge on any atom is -0.396 e. The van der Waals surface area contributed by atoms with E-state index in [1.165, 1.54) is 0 Å². The Balaban J connectivity index is 3.78. The number of hydrogen-bond acceptors (Lipinski definition) is 2. The molecule has 0 aliphatic heterocycles. The summed E-state index contributed by atoms with van der Waals surface area (Å²) in [5.74, 6) is 0.895. The van der Waals surface area contributed by atoms with Gasteiger partial charge >= 0.3 is 0 Å². The zero-order valence-corrected chi connectivity index (χ0v) is 8.62. The maximum atomic E-state index is 9.66. The van der Waals surface area contributed by atoms with Crippen LogP contribution in [0.4, 0.5) is 0 Å². The van der Waals surface area contributed by atoms with Crippen molar-refractivity contribution >= 4 is 0 Å². The van der Waals surface area contributed by atoms with E-state index in [1.807, 2.05) is 27.7 Å². The first-order valence-corrected chi connectivity index (χ1v) is 4.78. The van der Waals surface area contributed by atoms with Crippen molar-refractivity contribution in [3.63, 3.8) is 0 Å². The molecule has 0 bridgehead atoms. The van der Waals surface area contributed by atoms with Crippen LogP contribution in [0.1, 0.15) is 34.1 Å². The van der Waals surface area contributed by atoms with E-state index in [0.717, 1.165) is 6.42 Å². The van der Waals surface area contributed by atoms with Gasteiger partial charge in [0.25, 0.3) is 0 Å². The Hall–Kier alpha value is -0.0800. The molecular formula is C10H22O2. The number of hydrogen-bond donors (Lipinski definition) is 2. The van der Waals surface area contributed by atoms with Gasteiger partial charge in [0, 0.05) is 6.61 Å². The summed E-state index contributed by atoms with van der Waals surface area (Å²) in [6.45, 7) is 8.30. The molecule has 0 heterocycles. The Morgan fingerprint density at radius 3 is 1.92 bits per heavy atom. The van der Waals surface area contributed by atoms with Crippen LogP contribution in [0.3, 0.4) is 0 Å². The lowest BCUT2D eigenvalue weighted by Gasteiger charge is -2.24. The van der Waals surface area contributed by atoms with Gasteiger partial charge in [-0.05, 0) is 24.2 Å². The van der Waals surface area contributed by atoms with Crippen LogP contribution in [0.25, 0.3) is 0 Å². The zero-order chi connectivity index (χ0) is 9.72. The van der Waals surface area contributed by atoms with E-state index in [1.54, 1.807) is 0 Å². The lowest BCUT2D eigenvalue weighted by Crippen LogP contribution is -2.25. The smallest absolute Gasteiger partial charge is 0.0588 e. The Labute approximate surface area is 75.6 Å². The van der Waals surface area contributed by atoms with Gasteiger partial charge < -0.3 is 10.2 Å². The third-order valence-corrected chi connectivity index (χ3v) is 2.35. The number of rotatable bonds is 5. The van der Waals surface area contributed by atoms with Crippen molar-refractivity contribution < 1.29 is 10.2 Å². The second kappa shape index (κ2) is 5.55. The Kier molecular flexibility index (Phi) is 5.51. The monoisotopic (exact) mass is 174 g/mol. The van der Waals surface area contributed by atoms with E-state index >= 15 is 0 Å². The van der Waals surface area contributed by atoms with Gasteiger partial charge in [-0.15, -0.1) is 0 Å². The summed E-state index contributed by atoms with van der Waals surface area (Å²) >= 11 is 0. The van der Waals surface area contributed by atoms with Crippen molar-refractivity contribution in [2.45, 2.75) is 40.2 Å². The summed E-state index contributed by atoms with van der Waals surface area (Å²) in [7, 11) is 0. The molecule has 2 heteroatoms. The molecule has 0 saturated carbocycles. The summed E-state index contributed by atoms with van der Waals surface area (Å²) in [6, 6.07) is 0. The van der Waals surface area contributed by atoms with Gasteiger partial charge in [0.15, 0.2) is 0 Å². The number of aliphatic hydroxyl groups is 2. The van der Waals surface area contributed by atoms with Gasteiger partial charge in [-0.25, -0.2) is 0 Å². The molecule has 0 aliphatic rings. The highest BCUT2D eigenvalue weighted by molar-refractivity contribution is 4.69. The second-order valence-corrected chi connectivity index (χ2v) is 4.24. The zero-order valence-electron chi connectivity index (χ0n) is 8.62. The van der Waals surface area contributed by atoms with Crippen molar-refractivity contribution in [3.05, 3.63) is 0 Å². The molecule has 74 valence electrons. The first-order valence-electron chi connectivity index (χ1n) is 4.78. The molecule has 0 aromatic rings. The van der Waals surface area contributed by atoms with Crippen LogP contribution in [0.5, 0.6) is 0 Å². The minimum absolute atomic E-state index is 0.217. The summed E-state index contributed by atoms with van der Waals surface area (Å²) < 4.78 is 0. The van der Waals surface area contributed by atoms with E-state index in [4.69, 9.17) is 5.11 Å². The van der Waals surface area contributed by atoms with Crippen LogP contribution in [-0.4, -0.2) is 22.9 Å². The summed E-state index contributed by atoms with van der Waals surface area (Å²) in [5, 5.41) is 18.5. The highest BCUT2D eigenvalue weighted by Gasteiger charge is 2.19. The molecule has 0 saturated heterocycles. The average molecular weight is 174 g/mol. The van der Waals surface area contributed by atoms with Crippen LogP contribution in [0, 0.1) is 17.8 Å². The fraction of sp³-hybridized carbons (Fsp3) is 1.00. The standard InChI is InChI=1S/C10H22O2/c1-7(2)10(12)9(4)5-8(3)6-11/h7-12H,5-6H2,1-4H3/t8-,9+,10+/m1/s1. The minimum atomic E-state index is -0.237. The Morgan fingerprint density at radius 2 is 1.58 bits per heavy atom. The predicted octanol–water partition coefficient (Wildman–Crippen LogP) is 1.66. The topological polar surface area (TPSA) is 40.5 Å². The maximum Gasteiger partial charge on any atom is 0.0588 e. The molecule has 2 N–H and O–H groups in total. The first kappa shape index (κ1) is 11.9. The molecule has 3 atom stereocenters. The van der Waals surface area contributed by atoms with Crippen molar-refractivity contribution in [3.8, 4) is 0 Å². The molecule has 0 aromatic heterocycles. The van der Waals surface area contributed by atoms with Crippen molar-refractivity contribution in [1.29, 1.82) is 0 Å². The quantitative estimate of drug-likeness (QED) is 0.665. The van der Waals surface area contributed by atoms with Gasteiger partial charge in [-0.1, -0.05) is 27.7 Å². The van der Waals surface area contributed by atoms with Gasteiger partial charge in [0.1, 0.15) is 0 Å². The van der Waals surface area contributed by atoms with E-state index in [0.29, 0.717) is 11.8 Å². The molecule has 0 fully saturated rings. The van der Waals surface area contributed by atoms with Gasteiger partial charge in [0.05, 0.1) is 6.10 Å². The van der Waals surface area contributed by atoms with E-state index < -0.39 is 0 Å². The lowest BCUT2D eigenvalue weighted by atomic mass is 9.88. The van der Waals surface area contributed by atoms with Crippen LogP contribution in [0.2, 0.25) is 0 Å². The van der Waals surface area contributed by atoms with Crippen LogP contribution in [0.15, 0.2) is 0 Å². The molecule has 0 radical (unpaired) electrons. The molecule has 0 aliphatic carbocycles. The average Bonchev–Trinajstić information content (AvgIpc) is 2.02. The fourth-order valence-electron chi connectivity index (χ4n) is 1.51. The van der Waals surface area contributed by atoms with Crippen LogP contribution in [-0.2, 0) is 0 Å². The first-order chi connectivity index (χ1) is 5.49. The van der Waals surface area contributed by atoms with Crippen molar-refractivity contribution in [1.82, 2.24) is 0 Å². The van der Waals surface area contributed by atoms with Crippen LogP contribution < -0.4 is 0 Å². The molecule has 0 unspecified atom stereocenters. The third-order valence-electron chi connectivity index (χ3n) is 2.35. The molecule has 2 nitrogen and oxygen atoms in total. The Morgan fingerprint density at radius 1 is 1.08 bits per heavy atom. The highest BCUT2D eigenvalue weighted by atomic mass is 16.3. The molecule has 12 heavy (non-hydrogen) atoms. The van der Waals surface area contributed by atoms with Crippen molar-refractivity contribution in [2.24, 2.45) is 17.8 Å². The highest BCUT2D eigenvalue weighted by Crippen LogP contribution is 2.19. The lowest BCUT2D eigenvalue weighted by molar-refractivity contribution is 0.0562. The summed E-state index contributed by atoms with van der Waals surface area (Å²) in [6.07, 6.45) is 0.662. The third kappa shape index (κ3) is 4.07. The predicted molar refractivity (Wildman–Crippen MR) is 50.9 cm³/mol. The van der Waals surface area contributed by atoms with E-state index in [-0.39, 0.29) is 18.6 Å². The molecule has 0 amide bonds. The SMILES string of the molecule is CC(C)[C@H](O)[C@@H](C)C[C@@H](C)CO. The summed E-state index contributed by atoms with van der Waals surface area (Å²) in [5.41, 5.74) is 0. The molecule has 0 aromatic carbocycles. The van der Waals surface area contributed by atoms with E-state index in [9.17, 15) is 5.11 Å². The molecule has 0 spiro atoms. The molecule has 0 rings (SSSR count).